The molecule has 8 heteroatoms. The monoisotopic (exact) mass is 345 g/mol. The van der Waals surface area contributed by atoms with Crippen LogP contribution in [-0.2, 0) is 6.54 Å². The summed E-state index contributed by atoms with van der Waals surface area (Å²) in [6, 6.07) is 5.05. The predicted molar refractivity (Wildman–Crippen MR) is 88.3 cm³/mol. The molecule has 2 aromatic heterocycles. The molecule has 0 spiro atoms. The van der Waals surface area contributed by atoms with E-state index in [0.29, 0.717) is 16.6 Å². The summed E-state index contributed by atoms with van der Waals surface area (Å²) in [6.07, 6.45) is 2.48. The van der Waals surface area contributed by atoms with E-state index < -0.39 is 6.55 Å². The molecule has 0 aliphatic carbocycles. The standard InChI is InChI=1S/C17H17F2N5O/c1-10-11(2)22-14-8-12(4-5-13(14)21-10)16(25)23(3)9-15-20-6-7-24(15)17(18)19/h4-8,17H,9H2,1-3H3. The molecule has 2 heterocycles. The maximum absolute atomic E-state index is 12.9. The minimum atomic E-state index is -2.69. The van der Waals surface area contributed by atoms with Crippen LogP contribution < -0.4 is 0 Å². The molecular weight excluding hydrogens is 328 g/mol. The third-order valence-corrected chi connectivity index (χ3v) is 4.01. The molecule has 6 nitrogen and oxygen atoms in total. The molecule has 0 aliphatic heterocycles. The van der Waals surface area contributed by atoms with Crippen molar-refractivity contribution in [1.82, 2.24) is 24.4 Å². The van der Waals surface area contributed by atoms with Gasteiger partial charge in [0.1, 0.15) is 5.82 Å². The molecule has 3 aromatic rings. The second kappa shape index (κ2) is 6.54. The van der Waals surface area contributed by atoms with Gasteiger partial charge in [0.2, 0.25) is 0 Å². The molecule has 0 bridgehead atoms. The summed E-state index contributed by atoms with van der Waals surface area (Å²) in [4.78, 5) is 26.7. The summed E-state index contributed by atoms with van der Waals surface area (Å²) < 4.78 is 26.5. The van der Waals surface area contributed by atoms with Crippen molar-refractivity contribution in [3.63, 3.8) is 0 Å². The molecule has 3 rings (SSSR count). The minimum Gasteiger partial charge on any atom is -0.334 e. The quantitative estimate of drug-likeness (QED) is 0.729. The van der Waals surface area contributed by atoms with E-state index in [-0.39, 0.29) is 18.3 Å². The van der Waals surface area contributed by atoms with Crippen LogP contribution in [0.5, 0.6) is 0 Å². The summed E-state index contributed by atoms with van der Waals surface area (Å²) >= 11 is 0. The average Bonchev–Trinajstić information content (AvgIpc) is 3.03. The summed E-state index contributed by atoms with van der Waals surface area (Å²) in [5.74, 6) is -0.177. The van der Waals surface area contributed by atoms with Crippen LogP contribution in [-0.4, -0.2) is 37.4 Å². The van der Waals surface area contributed by atoms with Crippen LogP contribution in [0, 0.1) is 13.8 Å². The summed E-state index contributed by atoms with van der Waals surface area (Å²) in [7, 11) is 1.54. The zero-order chi connectivity index (χ0) is 18.1. The van der Waals surface area contributed by atoms with Gasteiger partial charge in [0, 0.05) is 25.0 Å². The van der Waals surface area contributed by atoms with Gasteiger partial charge in [-0.25, -0.2) is 15.0 Å². The Bertz CT molecular complexity index is 938. The van der Waals surface area contributed by atoms with Crippen molar-refractivity contribution in [2.75, 3.05) is 7.05 Å². The van der Waals surface area contributed by atoms with E-state index in [2.05, 4.69) is 15.0 Å². The van der Waals surface area contributed by atoms with Gasteiger partial charge in [-0.1, -0.05) is 0 Å². The third-order valence-electron chi connectivity index (χ3n) is 4.01. The van der Waals surface area contributed by atoms with Crippen molar-refractivity contribution in [3.05, 3.63) is 53.4 Å². The van der Waals surface area contributed by atoms with Crippen LogP contribution in [0.3, 0.4) is 0 Å². The highest BCUT2D eigenvalue weighted by atomic mass is 19.3. The lowest BCUT2D eigenvalue weighted by atomic mass is 10.1. The highest BCUT2D eigenvalue weighted by Gasteiger charge is 2.18. The molecule has 0 atom stereocenters. The van der Waals surface area contributed by atoms with Crippen LogP contribution in [0.25, 0.3) is 11.0 Å². The van der Waals surface area contributed by atoms with E-state index >= 15 is 0 Å². The second-order valence-corrected chi connectivity index (χ2v) is 5.79. The Balaban J connectivity index is 1.85. The number of hydrogen-bond donors (Lipinski definition) is 0. The Morgan fingerprint density at radius 3 is 2.56 bits per heavy atom. The number of nitrogens with zero attached hydrogens (tertiary/aromatic N) is 5. The lowest BCUT2D eigenvalue weighted by Crippen LogP contribution is -2.27. The Morgan fingerprint density at radius 2 is 1.88 bits per heavy atom. The van der Waals surface area contributed by atoms with Gasteiger partial charge < -0.3 is 4.90 Å². The van der Waals surface area contributed by atoms with E-state index in [1.165, 1.54) is 17.3 Å². The van der Waals surface area contributed by atoms with E-state index in [1.54, 1.807) is 25.2 Å². The Labute approximate surface area is 143 Å². The number of halogens is 2. The maximum Gasteiger partial charge on any atom is 0.319 e. The van der Waals surface area contributed by atoms with Gasteiger partial charge in [-0.2, -0.15) is 8.78 Å². The number of alkyl halides is 2. The van der Waals surface area contributed by atoms with E-state index in [0.717, 1.165) is 16.0 Å². The summed E-state index contributed by atoms with van der Waals surface area (Å²) in [5.41, 5.74) is 3.38. The zero-order valence-electron chi connectivity index (χ0n) is 14.1. The van der Waals surface area contributed by atoms with Crippen LogP contribution >= 0.6 is 0 Å². The molecule has 0 aliphatic rings. The summed E-state index contributed by atoms with van der Waals surface area (Å²) in [6.45, 7) is 1.02. The normalized spacial score (nSPS) is 11.3. The van der Waals surface area contributed by atoms with Gasteiger partial charge in [0.05, 0.1) is 29.0 Å². The van der Waals surface area contributed by atoms with E-state index in [4.69, 9.17) is 0 Å². The van der Waals surface area contributed by atoms with Crippen molar-refractivity contribution in [3.8, 4) is 0 Å². The molecule has 0 saturated heterocycles. The molecular formula is C17H17F2N5O. The van der Waals surface area contributed by atoms with Crippen molar-refractivity contribution < 1.29 is 13.6 Å². The zero-order valence-corrected chi connectivity index (χ0v) is 14.1. The molecule has 0 radical (unpaired) electrons. The number of rotatable bonds is 4. The average molecular weight is 345 g/mol. The van der Waals surface area contributed by atoms with Gasteiger partial charge >= 0.3 is 6.55 Å². The van der Waals surface area contributed by atoms with Crippen LogP contribution in [0.1, 0.15) is 34.1 Å². The first-order valence-corrected chi connectivity index (χ1v) is 7.67. The van der Waals surface area contributed by atoms with Crippen molar-refractivity contribution in [2.45, 2.75) is 26.9 Å². The number of fused-ring (bicyclic) bond motifs is 1. The third kappa shape index (κ3) is 3.33. The molecule has 0 fully saturated rings. The van der Waals surface area contributed by atoms with Crippen molar-refractivity contribution in [1.29, 1.82) is 0 Å². The van der Waals surface area contributed by atoms with Gasteiger partial charge in [-0.15, -0.1) is 0 Å². The fourth-order valence-electron chi connectivity index (χ4n) is 2.51. The topological polar surface area (TPSA) is 63.9 Å². The highest BCUT2D eigenvalue weighted by Crippen LogP contribution is 2.17. The minimum absolute atomic E-state index is 0.0210. The molecule has 130 valence electrons. The first-order chi connectivity index (χ1) is 11.9. The van der Waals surface area contributed by atoms with Gasteiger partial charge in [0.15, 0.2) is 0 Å². The molecule has 0 saturated carbocycles. The number of aryl methyl sites for hydroxylation is 2. The SMILES string of the molecule is Cc1nc2ccc(C(=O)N(C)Cc3nccn3C(F)F)cc2nc1C. The Morgan fingerprint density at radius 1 is 1.20 bits per heavy atom. The lowest BCUT2D eigenvalue weighted by molar-refractivity contribution is 0.0612. The lowest BCUT2D eigenvalue weighted by Gasteiger charge is -2.18. The molecule has 1 amide bonds. The number of amides is 1. The molecule has 1 aromatic carbocycles. The number of aromatic nitrogens is 4. The van der Waals surface area contributed by atoms with Crippen molar-refractivity contribution in [2.24, 2.45) is 0 Å². The summed E-state index contributed by atoms with van der Waals surface area (Å²) in [5, 5.41) is 0. The van der Waals surface area contributed by atoms with E-state index in [9.17, 15) is 13.6 Å². The fourth-order valence-corrected chi connectivity index (χ4v) is 2.51. The number of carbonyl (C=O) groups is 1. The van der Waals surface area contributed by atoms with Crippen molar-refractivity contribution >= 4 is 16.9 Å². The predicted octanol–water partition coefficient (Wildman–Crippen LogP) is 3.11. The smallest absolute Gasteiger partial charge is 0.319 e. The largest absolute Gasteiger partial charge is 0.334 e. The highest BCUT2D eigenvalue weighted by molar-refractivity contribution is 5.97. The molecule has 0 unspecified atom stereocenters. The van der Waals surface area contributed by atoms with Gasteiger partial charge in [0.25, 0.3) is 5.91 Å². The first-order valence-electron chi connectivity index (χ1n) is 7.67. The van der Waals surface area contributed by atoms with Crippen LogP contribution in [0.15, 0.2) is 30.6 Å². The number of hydrogen-bond acceptors (Lipinski definition) is 4. The first kappa shape index (κ1) is 16.9. The van der Waals surface area contributed by atoms with Gasteiger partial charge in [-0.05, 0) is 32.0 Å². The Kier molecular flexibility index (Phi) is 4.43. The number of carbonyl (C=O) groups excluding carboxylic acids is 1. The molecule has 25 heavy (non-hydrogen) atoms. The fraction of sp³-hybridized carbons (Fsp3) is 0.294. The van der Waals surface area contributed by atoms with Crippen LogP contribution in [0.4, 0.5) is 8.78 Å². The molecule has 0 N–H and O–H groups in total. The number of benzene rings is 1. The van der Waals surface area contributed by atoms with E-state index in [1.807, 2.05) is 13.8 Å². The van der Waals surface area contributed by atoms with Crippen LogP contribution in [0.2, 0.25) is 0 Å². The van der Waals surface area contributed by atoms with Gasteiger partial charge in [-0.3, -0.25) is 9.36 Å². The number of imidazole rings is 1. The Hall–Kier alpha value is -2.90. The maximum atomic E-state index is 12.9. The second-order valence-electron chi connectivity index (χ2n) is 5.79.